The lowest BCUT2D eigenvalue weighted by molar-refractivity contribution is 0.303. The molecule has 92 valence electrons. The molecule has 0 heterocycles. The van der Waals surface area contributed by atoms with Crippen LogP contribution in [0, 0.1) is 0 Å². The van der Waals surface area contributed by atoms with Crippen molar-refractivity contribution in [2.24, 2.45) is 0 Å². The zero-order valence-corrected chi connectivity index (χ0v) is 10.1. The molecule has 3 rings (SSSR count). The summed E-state index contributed by atoms with van der Waals surface area (Å²) in [6.45, 7) is 0. The lowest BCUT2D eigenvalue weighted by Crippen LogP contribution is -1.98. The number of hydrogen-bond acceptors (Lipinski definition) is 3. The van der Waals surface area contributed by atoms with Crippen molar-refractivity contribution >= 4 is 11.4 Å². The second kappa shape index (κ2) is 4.26. The van der Waals surface area contributed by atoms with Crippen molar-refractivity contribution in [2.75, 3.05) is 11.5 Å². The summed E-state index contributed by atoms with van der Waals surface area (Å²) in [4.78, 5) is 0. The predicted molar refractivity (Wildman–Crippen MR) is 74.4 cm³/mol. The van der Waals surface area contributed by atoms with Crippen molar-refractivity contribution in [3.63, 3.8) is 0 Å². The van der Waals surface area contributed by atoms with E-state index in [4.69, 9.17) is 16.2 Å². The molecular formula is C15H16N2O. The molecule has 0 aliphatic heterocycles. The first-order valence-corrected chi connectivity index (χ1v) is 6.14. The third kappa shape index (κ3) is 2.25. The zero-order chi connectivity index (χ0) is 12.5. The summed E-state index contributed by atoms with van der Waals surface area (Å²) in [5, 5.41) is 0. The topological polar surface area (TPSA) is 61.3 Å². The van der Waals surface area contributed by atoms with E-state index < -0.39 is 0 Å². The van der Waals surface area contributed by atoms with Gasteiger partial charge in [0.15, 0.2) is 0 Å². The second-order valence-electron chi connectivity index (χ2n) is 4.69. The van der Waals surface area contributed by atoms with Gasteiger partial charge in [0.25, 0.3) is 0 Å². The predicted octanol–water partition coefficient (Wildman–Crippen LogP) is 3.06. The summed E-state index contributed by atoms with van der Waals surface area (Å²) < 4.78 is 5.72. The average molecular weight is 240 g/mol. The molecule has 2 aromatic carbocycles. The SMILES string of the molecule is Nc1ccc(-c2ccc(OC3CC3)cc2N)cc1. The number of hydrogen-bond donors (Lipinski definition) is 2. The van der Waals surface area contributed by atoms with Gasteiger partial charge in [-0.05, 0) is 42.7 Å². The lowest BCUT2D eigenvalue weighted by Gasteiger charge is -2.10. The molecule has 2 aromatic rings. The molecule has 0 radical (unpaired) electrons. The Morgan fingerprint density at radius 3 is 2.28 bits per heavy atom. The van der Waals surface area contributed by atoms with E-state index in [-0.39, 0.29) is 0 Å². The lowest BCUT2D eigenvalue weighted by atomic mass is 10.0. The van der Waals surface area contributed by atoms with E-state index in [1.165, 1.54) is 0 Å². The third-order valence-electron chi connectivity index (χ3n) is 3.07. The molecule has 0 amide bonds. The van der Waals surface area contributed by atoms with E-state index in [9.17, 15) is 0 Å². The third-order valence-corrected chi connectivity index (χ3v) is 3.07. The van der Waals surface area contributed by atoms with Crippen LogP contribution in [0.3, 0.4) is 0 Å². The summed E-state index contributed by atoms with van der Waals surface area (Å²) >= 11 is 0. The Bertz CT molecular complexity index is 559. The number of benzene rings is 2. The maximum atomic E-state index is 6.08. The van der Waals surface area contributed by atoms with Gasteiger partial charge in [-0.15, -0.1) is 0 Å². The summed E-state index contributed by atoms with van der Waals surface area (Å²) in [5.41, 5.74) is 15.3. The van der Waals surface area contributed by atoms with Gasteiger partial charge in [0.05, 0.1) is 6.10 Å². The van der Waals surface area contributed by atoms with Crippen molar-refractivity contribution in [3.05, 3.63) is 42.5 Å². The normalized spacial score (nSPS) is 14.4. The average Bonchev–Trinajstić information content (AvgIpc) is 3.15. The molecule has 0 aromatic heterocycles. The molecule has 0 spiro atoms. The number of nitrogens with two attached hydrogens (primary N) is 2. The van der Waals surface area contributed by atoms with Crippen LogP contribution in [-0.4, -0.2) is 6.10 Å². The Balaban J connectivity index is 1.89. The van der Waals surface area contributed by atoms with Gasteiger partial charge in [-0.3, -0.25) is 0 Å². The Labute approximate surface area is 106 Å². The molecule has 18 heavy (non-hydrogen) atoms. The van der Waals surface area contributed by atoms with E-state index in [1.807, 2.05) is 42.5 Å². The number of nitrogen functional groups attached to an aromatic ring is 2. The molecule has 3 nitrogen and oxygen atoms in total. The highest BCUT2D eigenvalue weighted by atomic mass is 16.5. The van der Waals surface area contributed by atoms with Crippen LogP contribution < -0.4 is 16.2 Å². The van der Waals surface area contributed by atoms with Gasteiger partial charge in [-0.25, -0.2) is 0 Å². The smallest absolute Gasteiger partial charge is 0.121 e. The summed E-state index contributed by atoms with van der Waals surface area (Å²) in [5.74, 6) is 0.856. The Morgan fingerprint density at radius 1 is 0.944 bits per heavy atom. The van der Waals surface area contributed by atoms with Gasteiger partial charge in [0.2, 0.25) is 0 Å². The number of ether oxygens (including phenoxy) is 1. The van der Waals surface area contributed by atoms with Gasteiger partial charge in [-0.2, -0.15) is 0 Å². The van der Waals surface area contributed by atoms with E-state index in [1.54, 1.807) is 0 Å². The first kappa shape index (κ1) is 11.0. The molecule has 4 N–H and O–H groups in total. The molecule has 3 heteroatoms. The molecule has 0 atom stereocenters. The second-order valence-corrected chi connectivity index (χ2v) is 4.69. The fourth-order valence-electron chi connectivity index (χ4n) is 1.92. The molecule has 1 aliphatic carbocycles. The first-order valence-electron chi connectivity index (χ1n) is 6.14. The highest BCUT2D eigenvalue weighted by Gasteiger charge is 2.23. The van der Waals surface area contributed by atoms with E-state index in [0.717, 1.165) is 41.1 Å². The fraction of sp³-hybridized carbons (Fsp3) is 0.200. The Morgan fingerprint density at radius 2 is 1.67 bits per heavy atom. The van der Waals surface area contributed by atoms with Crippen LogP contribution in [0.15, 0.2) is 42.5 Å². The summed E-state index contributed by atoms with van der Waals surface area (Å²) in [7, 11) is 0. The minimum absolute atomic E-state index is 0.395. The molecular weight excluding hydrogens is 224 g/mol. The number of anilines is 2. The fourth-order valence-corrected chi connectivity index (χ4v) is 1.92. The van der Waals surface area contributed by atoms with Crippen molar-refractivity contribution in [1.82, 2.24) is 0 Å². The van der Waals surface area contributed by atoms with Gasteiger partial charge in [0, 0.05) is 23.0 Å². The van der Waals surface area contributed by atoms with Crippen LogP contribution in [0.2, 0.25) is 0 Å². The minimum atomic E-state index is 0.395. The van der Waals surface area contributed by atoms with Crippen molar-refractivity contribution in [3.8, 4) is 16.9 Å². The van der Waals surface area contributed by atoms with E-state index in [2.05, 4.69) is 0 Å². The summed E-state index contributed by atoms with van der Waals surface area (Å²) in [6.07, 6.45) is 2.70. The monoisotopic (exact) mass is 240 g/mol. The maximum absolute atomic E-state index is 6.08. The van der Waals surface area contributed by atoms with E-state index in [0.29, 0.717) is 6.10 Å². The van der Waals surface area contributed by atoms with Crippen LogP contribution >= 0.6 is 0 Å². The van der Waals surface area contributed by atoms with Gasteiger partial charge < -0.3 is 16.2 Å². The molecule has 0 unspecified atom stereocenters. The summed E-state index contributed by atoms with van der Waals surface area (Å²) in [6, 6.07) is 13.6. The van der Waals surface area contributed by atoms with E-state index >= 15 is 0 Å². The first-order chi connectivity index (χ1) is 8.72. The standard InChI is InChI=1S/C15H16N2O/c16-11-3-1-10(2-4-11)14-8-7-13(9-15(14)17)18-12-5-6-12/h1-4,7-9,12H,5-6,16-17H2. The minimum Gasteiger partial charge on any atom is -0.490 e. The molecule has 0 saturated heterocycles. The molecule has 1 aliphatic rings. The van der Waals surface area contributed by atoms with Crippen LogP contribution in [0.25, 0.3) is 11.1 Å². The van der Waals surface area contributed by atoms with Crippen LogP contribution in [0.1, 0.15) is 12.8 Å². The highest BCUT2D eigenvalue weighted by molar-refractivity contribution is 5.78. The molecule has 1 saturated carbocycles. The number of rotatable bonds is 3. The van der Waals surface area contributed by atoms with Gasteiger partial charge in [-0.1, -0.05) is 12.1 Å². The van der Waals surface area contributed by atoms with Gasteiger partial charge >= 0.3 is 0 Å². The van der Waals surface area contributed by atoms with Crippen molar-refractivity contribution in [1.29, 1.82) is 0 Å². The van der Waals surface area contributed by atoms with Crippen LogP contribution in [0.5, 0.6) is 5.75 Å². The van der Waals surface area contributed by atoms with Crippen molar-refractivity contribution in [2.45, 2.75) is 18.9 Å². The zero-order valence-electron chi connectivity index (χ0n) is 10.1. The molecule has 0 bridgehead atoms. The quantitative estimate of drug-likeness (QED) is 0.810. The van der Waals surface area contributed by atoms with Crippen LogP contribution in [-0.2, 0) is 0 Å². The molecule has 1 fully saturated rings. The van der Waals surface area contributed by atoms with Crippen molar-refractivity contribution < 1.29 is 4.74 Å². The van der Waals surface area contributed by atoms with Gasteiger partial charge in [0.1, 0.15) is 5.75 Å². The highest BCUT2D eigenvalue weighted by Crippen LogP contribution is 2.32. The largest absolute Gasteiger partial charge is 0.490 e. The van der Waals surface area contributed by atoms with Crippen LogP contribution in [0.4, 0.5) is 11.4 Å². The Kier molecular flexibility index (Phi) is 2.59. The maximum Gasteiger partial charge on any atom is 0.121 e. The Hall–Kier alpha value is -2.16.